The number of carbonyl (C=O) groups excluding carboxylic acids is 1. The minimum absolute atomic E-state index is 0.0132. The maximum absolute atomic E-state index is 12.7. The van der Waals surface area contributed by atoms with Crippen LogP contribution in [0.5, 0.6) is 0 Å². The summed E-state index contributed by atoms with van der Waals surface area (Å²) < 4.78 is 1.99. The van der Waals surface area contributed by atoms with Gasteiger partial charge in [-0.05, 0) is 25.6 Å². The van der Waals surface area contributed by atoms with Gasteiger partial charge in [0.2, 0.25) is 0 Å². The summed E-state index contributed by atoms with van der Waals surface area (Å²) >= 11 is 0. The highest BCUT2D eigenvalue weighted by Crippen LogP contribution is 2.16. The molecule has 1 atom stereocenters. The number of hydrogen-bond acceptors (Lipinski definition) is 3. The Morgan fingerprint density at radius 2 is 2.04 bits per heavy atom. The maximum atomic E-state index is 12.7. The van der Waals surface area contributed by atoms with Gasteiger partial charge in [-0.2, -0.15) is 0 Å². The molecule has 1 aliphatic rings. The molecule has 1 aromatic carbocycles. The molecule has 128 valence electrons. The number of aromatic nitrogens is 2. The molecule has 1 saturated heterocycles. The van der Waals surface area contributed by atoms with Crippen molar-refractivity contribution in [3.63, 3.8) is 0 Å². The lowest BCUT2D eigenvalue weighted by Crippen LogP contribution is -2.44. The van der Waals surface area contributed by atoms with E-state index in [1.807, 2.05) is 33.9 Å². The first kappa shape index (κ1) is 16.5. The molecule has 6 nitrogen and oxygen atoms in total. The lowest BCUT2D eigenvalue weighted by molar-refractivity contribution is 0.194. The third-order valence-electron chi connectivity index (χ3n) is 4.46. The molecule has 1 N–H and O–H groups in total. The van der Waals surface area contributed by atoms with Gasteiger partial charge >= 0.3 is 6.03 Å². The Morgan fingerprint density at radius 3 is 2.79 bits per heavy atom. The van der Waals surface area contributed by atoms with Gasteiger partial charge in [0.15, 0.2) is 0 Å². The van der Waals surface area contributed by atoms with Gasteiger partial charge in [0, 0.05) is 38.6 Å². The largest absolute Gasteiger partial charge is 0.335 e. The highest BCUT2D eigenvalue weighted by molar-refractivity contribution is 5.74. The van der Waals surface area contributed by atoms with Crippen LogP contribution in [-0.4, -0.2) is 58.6 Å². The maximum Gasteiger partial charge on any atom is 0.317 e. The van der Waals surface area contributed by atoms with Crippen molar-refractivity contribution in [1.82, 2.24) is 24.7 Å². The van der Waals surface area contributed by atoms with Gasteiger partial charge in [0.25, 0.3) is 0 Å². The van der Waals surface area contributed by atoms with Crippen LogP contribution in [0.25, 0.3) is 0 Å². The van der Waals surface area contributed by atoms with Crippen molar-refractivity contribution in [2.24, 2.45) is 0 Å². The number of amides is 2. The van der Waals surface area contributed by atoms with Gasteiger partial charge in [-0.15, -0.1) is 0 Å². The van der Waals surface area contributed by atoms with E-state index >= 15 is 0 Å². The van der Waals surface area contributed by atoms with E-state index in [4.69, 9.17) is 0 Å². The molecule has 0 saturated carbocycles. The van der Waals surface area contributed by atoms with Crippen molar-refractivity contribution in [2.75, 3.05) is 33.2 Å². The van der Waals surface area contributed by atoms with E-state index in [0.717, 1.165) is 38.2 Å². The predicted molar refractivity (Wildman–Crippen MR) is 93.6 cm³/mol. The normalized spacial score (nSPS) is 17.3. The second-order valence-electron chi connectivity index (χ2n) is 6.32. The number of imidazole rings is 1. The number of benzene rings is 1. The standard InChI is InChI=1S/C18H25N5O/c1-21-9-5-10-23(13-12-21)18(24)20-17(14-22-11-8-19-15-22)16-6-3-2-4-7-16/h2-4,6-8,11,15,17H,5,9-10,12-14H2,1H3,(H,20,24)/t17-/m1/s1. The summed E-state index contributed by atoms with van der Waals surface area (Å²) in [5.74, 6) is 0. The number of rotatable bonds is 4. The van der Waals surface area contributed by atoms with Crippen molar-refractivity contribution in [3.8, 4) is 0 Å². The van der Waals surface area contributed by atoms with Crippen LogP contribution < -0.4 is 5.32 Å². The van der Waals surface area contributed by atoms with Crippen LogP contribution in [0.3, 0.4) is 0 Å². The second-order valence-corrected chi connectivity index (χ2v) is 6.32. The molecule has 1 fully saturated rings. The van der Waals surface area contributed by atoms with E-state index in [2.05, 4.69) is 34.4 Å². The average molecular weight is 327 g/mol. The molecule has 0 bridgehead atoms. The fourth-order valence-electron chi connectivity index (χ4n) is 3.02. The Balaban J connectivity index is 1.70. The van der Waals surface area contributed by atoms with Gasteiger partial charge in [-0.25, -0.2) is 9.78 Å². The third-order valence-corrected chi connectivity index (χ3v) is 4.46. The summed E-state index contributed by atoms with van der Waals surface area (Å²) in [5, 5.41) is 3.20. The van der Waals surface area contributed by atoms with Gasteiger partial charge in [-0.3, -0.25) is 0 Å². The molecular weight excluding hydrogens is 302 g/mol. The molecule has 0 aliphatic carbocycles. The minimum Gasteiger partial charge on any atom is -0.335 e. The highest BCUT2D eigenvalue weighted by atomic mass is 16.2. The Hall–Kier alpha value is -2.34. The molecule has 6 heteroatoms. The molecule has 0 unspecified atom stereocenters. The van der Waals surface area contributed by atoms with Gasteiger partial charge in [0.1, 0.15) is 0 Å². The van der Waals surface area contributed by atoms with Gasteiger partial charge in [0.05, 0.1) is 12.4 Å². The molecule has 0 spiro atoms. The first-order chi connectivity index (χ1) is 11.7. The number of carbonyl (C=O) groups is 1. The first-order valence-electron chi connectivity index (χ1n) is 8.47. The van der Waals surface area contributed by atoms with Crippen LogP contribution in [0.1, 0.15) is 18.0 Å². The smallest absolute Gasteiger partial charge is 0.317 e. The summed E-state index contributed by atoms with van der Waals surface area (Å²) in [4.78, 5) is 21.0. The van der Waals surface area contributed by atoms with Gasteiger partial charge in [-0.1, -0.05) is 30.3 Å². The van der Waals surface area contributed by atoms with Crippen LogP contribution in [0.15, 0.2) is 49.1 Å². The number of hydrogen-bond donors (Lipinski definition) is 1. The van der Waals surface area contributed by atoms with Crippen LogP contribution >= 0.6 is 0 Å². The number of likely N-dealkylation sites (N-methyl/N-ethyl adjacent to an activating group) is 1. The lowest BCUT2D eigenvalue weighted by atomic mass is 10.1. The molecule has 2 amide bonds. The zero-order chi connectivity index (χ0) is 16.8. The van der Waals surface area contributed by atoms with E-state index in [1.54, 1.807) is 12.5 Å². The molecular formula is C18H25N5O. The topological polar surface area (TPSA) is 53.4 Å². The van der Waals surface area contributed by atoms with Crippen molar-refractivity contribution < 1.29 is 4.79 Å². The van der Waals surface area contributed by atoms with Crippen molar-refractivity contribution in [1.29, 1.82) is 0 Å². The van der Waals surface area contributed by atoms with E-state index in [1.165, 1.54) is 0 Å². The average Bonchev–Trinajstić information content (AvgIpc) is 3.01. The zero-order valence-corrected chi connectivity index (χ0v) is 14.1. The number of nitrogens with zero attached hydrogens (tertiary/aromatic N) is 4. The lowest BCUT2D eigenvalue weighted by Gasteiger charge is -2.26. The van der Waals surface area contributed by atoms with E-state index < -0.39 is 0 Å². The SMILES string of the molecule is CN1CCCN(C(=O)N[C@H](Cn2ccnc2)c2ccccc2)CC1. The molecule has 1 aromatic heterocycles. The molecule has 2 aromatic rings. The number of urea groups is 1. The van der Waals surface area contributed by atoms with Crippen LogP contribution in [0, 0.1) is 0 Å². The molecule has 3 rings (SSSR count). The Labute approximate surface area is 143 Å². The Bertz CT molecular complexity index is 628. The fourth-order valence-corrected chi connectivity index (χ4v) is 3.02. The molecule has 1 aliphatic heterocycles. The molecule has 0 radical (unpaired) electrons. The van der Waals surface area contributed by atoms with E-state index in [-0.39, 0.29) is 12.1 Å². The summed E-state index contributed by atoms with van der Waals surface area (Å²) in [6, 6.07) is 10.0. The minimum atomic E-state index is -0.0751. The Kier molecular flexibility index (Phi) is 5.48. The first-order valence-corrected chi connectivity index (χ1v) is 8.47. The van der Waals surface area contributed by atoms with E-state index in [9.17, 15) is 4.79 Å². The van der Waals surface area contributed by atoms with Crippen molar-refractivity contribution >= 4 is 6.03 Å². The zero-order valence-electron chi connectivity index (χ0n) is 14.1. The monoisotopic (exact) mass is 327 g/mol. The summed E-state index contributed by atoms with van der Waals surface area (Å²) in [5.41, 5.74) is 1.10. The van der Waals surface area contributed by atoms with Crippen LogP contribution in [-0.2, 0) is 6.54 Å². The van der Waals surface area contributed by atoms with E-state index in [0.29, 0.717) is 6.54 Å². The molecule has 2 heterocycles. The second kappa shape index (κ2) is 7.97. The molecule has 24 heavy (non-hydrogen) atoms. The van der Waals surface area contributed by atoms with Crippen LogP contribution in [0.4, 0.5) is 4.79 Å². The fraction of sp³-hybridized carbons (Fsp3) is 0.444. The third kappa shape index (κ3) is 4.35. The number of nitrogens with one attached hydrogen (secondary N) is 1. The van der Waals surface area contributed by atoms with Crippen molar-refractivity contribution in [3.05, 3.63) is 54.6 Å². The van der Waals surface area contributed by atoms with Gasteiger partial charge < -0.3 is 19.7 Å². The predicted octanol–water partition coefficient (Wildman–Crippen LogP) is 1.97. The van der Waals surface area contributed by atoms with Crippen molar-refractivity contribution in [2.45, 2.75) is 19.0 Å². The van der Waals surface area contributed by atoms with Crippen LogP contribution in [0.2, 0.25) is 0 Å². The summed E-state index contributed by atoms with van der Waals surface area (Å²) in [6.07, 6.45) is 6.47. The quantitative estimate of drug-likeness (QED) is 0.934. The summed E-state index contributed by atoms with van der Waals surface area (Å²) in [7, 11) is 2.10. The highest BCUT2D eigenvalue weighted by Gasteiger charge is 2.21. The summed E-state index contributed by atoms with van der Waals surface area (Å²) in [6.45, 7) is 4.22. The Morgan fingerprint density at radius 1 is 1.21 bits per heavy atom.